The number of benzene rings is 1. The van der Waals surface area contributed by atoms with Crippen LogP contribution in [0.15, 0.2) is 12.1 Å². The van der Waals surface area contributed by atoms with Crippen LogP contribution in [0.2, 0.25) is 0 Å². The summed E-state index contributed by atoms with van der Waals surface area (Å²) in [4.78, 5) is 12.3. The summed E-state index contributed by atoms with van der Waals surface area (Å²) in [6.45, 7) is -0.601. The molecular weight excluding hydrogens is 358 g/mol. The number of methoxy groups -OCH3 is 2. The molecular formula is C16H23ClF2N2O4. The van der Waals surface area contributed by atoms with Crippen LogP contribution in [-0.2, 0) is 0 Å². The molecule has 1 saturated heterocycles. The molecule has 1 aromatic rings. The first kappa shape index (κ1) is 21.2. The molecule has 0 aromatic heterocycles. The van der Waals surface area contributed by atoms with Gasteiger partial charge in [-0.15, -0.1) is 12.4 Å². The van der Waals surface area contributed by atoms with Crippen molar-refractivity contribution in [1.82, 2.24) is 10.6 Å². The number of amides is 1. The Morgan fingerprint density at radius 2 is 1.96 bits per heavy atom. The Kier molecular flexibility index (Phi) is 8.71. The van der Waals surface area contributed by atoms with Crippen molar-refractivity contribution in [1.29, 1.82) is 0 Å². The van der Waals surface area contributed by atoms with E-state index in [1.807, 2.05) is 0 Å². The Hall–Kier alpha value is -1.80. The molecule has 6 nitrogen and oxygen atoms in total. The van der Waals surface area contributed by atoms with Crippen LogP contribution in [0.5, 0.6) is 17.2 Å². The lowest BCUT2D eigenvalue weighted by atomic mass is 9.99. The van der Waals surface area contributed by atoms with Gasteiger partial charge in [0.15, 0.2) is 11.5 Å². The lowest BCUT2D eigenvalue weighted by molar-refractivity contribution is -0.0526. The SMILES string of the molecule is COc1cc(C(=O)NCC2CCCNC2)cc(OC)c1OC(F)F.Cl. The third kappa shape index (κ3) is 5.89. The van der Waals surface area contributed by atoms with Crippen molar-refractivity contribution >= 4 is 18.3 Å². The van der Waals surface area contributed by atoms with E-state index in [-0.39, 0.29) is 41.1 Å². The zero-order valence-electron chi connectivity index (χ0n) is 14.1. The molecule has 1 atom stereocenters. The molecule has 0 radical (unpaired) electrons. The van der Waals surface area contributed by atoms with E-state index in [4.69, 9.17) is 9.47 Å². The average Bonchev–Trinajstić information content (AvgIpc) is 2.60. The molecule has 9 heteroatoms. The molecule has 142 valence electrons. The number of hydrogen-bond acceptors (Lipinski definition) is 5. The smallest absolute Gasteiger partial charge is 0.387 e. The van der Waals surface area contributed by atoms with Crippen molar-refractivity contribution in [2.45, 2.75) is 19.5 Å². The van der Waals surface area contributed by atoms with Crippen molar-refractivity contribution in [2.24, 2.45) is 5.92 Å². The van der Waals surface area contributed by atoms with Crippen LogP contribution in [-0.4, -0.2) is 46.4 Å². The highest BCUT2D eigenvalue weighted by Crippen LogP contribution is 2.39. The third-order valence-corrected chi connectivity index (χ3v) is 3.88. The highest BCUT2D eigenvalue weighted by Gasteiger charge is 2.21. The van der Waals surface area contributed by atoms with E-state index in [1.165, 1.54) is 26.4 Å². The number of halogens is 3. The second-order valence-electron chi connectivity index (χ2n) is 5.51. The number of alkyl halides is 2. The minimum Gasteiger partial charge on any atom is -0.493 e. The maximum atomic E-state index is 12.5. The van der Waals surface area contributed by atoms with Crippen molar-refractivity contribution in [2.75, 3.05) is 33.9 Å². The Labute approximate surface area is 151 Å². The summed E-state index contributed by atoms with van der Waals surface area (Å²) < 4.78 is 39.6. The second-order valence-corrected chi connectivity index (χ2v) is 5.51. The van der Waals surface area contributed by atoms with Gasteiger partial charge >= 0.3 is 6.61 Å². The molecule has 1 unspecified atom stereocenters. The first-order chi connectivity index (χ1) is 11.5. The zero-order valence-corrected chi connectivity index (χ0v) is 15.0. The normalized spacial score (nSPS) is 16.8. The molecule has 1 fully saturated rings. The van der Waals surface area contributed by atoms with Crippen molar-refractivity contribution in [3.05, 3.63) is 17.7 Å². The Balaban J connectivity index is 0.00000312. The lowest BCUT2D eigenvalue weighted by Gasteiger charge is -2.23. The van der Waals surface area contributed by atoms with Crippen molar-refractivity contribution in [3.63, 3.8) is 0 Å². The molecule has 1 aliphatic heterocycles. The highest BCUT2D eigenvalue weighted by molar-refractivity contribution is 5.95. The average molecular weight is 381 g/mol. The molecule has 0 spiro atoms. The van der Waals surface area contributed by atoms with Crippen LogP contribution in [0, 0.1) is 5.92 Å². The van der Waals surface area contributed by atoms with Gasteiger partial charge in [-0.2, -0.15) is 8.78 Å². The molecule has 1 amide bonds. The molecule has 1 heterocycles. The van der Waals surface area contributed by atoms with Crippen LogP contribution in [0.3, 0.4) is 0 Å². The van der Waals surface area contributed by atoms with Crippen LogP contribution in [0.4, 0.5) is 8.78 Å². The number of piperidine rings is 1. The molecule has 2 N–H and O–H groups in total. The highest BCUT2D eigenvalue weighted by atomic mass is 35.5. The summed E-state index contributed by atoms with van der Waals surface area (Å²) in [7, 11) is 2.62. The Morgan fingerprint density at radius 1 is 1.32 bits per heavy atom. The molecule has 0 saturated carbocycles. The molecule has 0 bridgehead atoms. The van der Waals surface area contributed by atoms with Crippen molar-refractivity contribution in [3.8, 4) is 17.2 Å². The first-order valence-electron chi connectivity index (χ1n) is 7.75. The van der Waals surface area contributed by atoms with Crippen LogP contribution < -0.4 is 24.8 Å². The maximum Gasteiger partial charge on any atom is 0.387 e. The van der Waals surface area contributed by atoms with Gasteiger partial charge in [-0.05, 0) is 44.0 Å². The fourth-order valence-corrected chi connectivity index (χ4v) is 2.65. The van der Waals surface area contributed by atoms with E-state index in [9.17, 15) is 13.6 Å². The monoisotopic (exact) mass is 380 g/mol. The number of rotatable bonds is 7. The predicted molar refractivity (Wildman–Crippen MR) is 91.4 cm³/mol. The van der Waals surface area contributed by atoms with Gasteiger partial charge < -0.3 is 24.8 Å². The summed E-state index contributed by atoms with van der Waals surface area (Å²) in [5.41, 5.74) is 0.258. The van der Waals surface area contributed by atoms with E-state index in [1.54, 1.807) is 0 Å². The van der Waals surface area contributed by atoms with E-state index in [0.29, 0.717) is 12.5 Å². The summed E-state index contributed by atoms with van der Waals surface area (Å²) in [5.74, 6) is -0.144. The van der Waals surface area contributed by atoms with Crippen LogP contribution in [0.25, 0.3) is 0 Å². The molecule has 2 rings (SSSR count). The van der Waals surface area contributed by atoms with Gasteiger partial charge in [0.2, 0.25) is 5.75 Å². The largest absolute Gasteiger partial charge is 0.493 e. The van der Waals surface area contributed by atoms with Gasteiger partial charge in [-0.25, -0.2) is 0 Å². The second kappa shape index (κ2) is 10.2. The Morgan fingerprint density at radius 3 is 2.44 bits per heavy atom. The van der Waals surface area contributed by atoms with E-state index >= 15 is 0 Å². The number of ether oxygens (including phenoxy) is 3. The van der Waals surface area contributed by atoms with E-state index in [2.05, 4.69) is 15.4 Å². The molecule has 0 aliphatic carbocycles. The zero-order chi connectivity index (χ0) is 17.5. The summed E-state index contributed by atoms with van der Waals surface area (Å²) in [6.07, 6.45) is 2.14. The number of carbonyl (C=O) groups excluding carboxylic acids is 1. The van der Waals surface area contributed by atoms with E-state index < -0.39 is 6.61 Å². The predicted octanol–water partition coefficient (Wildman–Crippen LogP) is 2.46. The third-order valence-electron chi connectivity index (χ3n) is 3.88. The maximum absolute atomic E-state index is 12.5. The number of nitrogens with one attached hydrogen (secondary N) is 2. The van der Waals surface area contributed by atoms with Gasteiger partial charge in [-0.1, -0.05) is 0 Å². The van der Waals surface area contributed by atoms with Gasteiger partial charge in [0.1, 0.15) is 0 Å². The lowest BCUT2D eigenvalue weighted by Crippen LogP contribution is -2.38. The van der Waals surface area contributed by atoms with Crippen molar-refractivity contribution < 1.29 is 27.8 Å². The summed E-state index contributed by atoms with van der Waals surface area (Å²) >= 11 is 0. The minimum atomic E-state index is -3.02. The fraction of sp³-hybridized carbons (Fsp3) is 0.562. The van der Waals surface area contributed by atoms with Gasteiger partial charge in [-0.3, -0.25) is 4.79 Å². The van der Waals surface area contributed by atoms with Gasteiger partial charge in [0.05, 0.1) is 14.2 Å². The quantitative estimate of drug-likeness (QED) is 0.760. The number of carbonyl (C=O) groups is 1. The summed E-state index contributed by atoms with van der Waals surface area (Å²) in [6, 6.07) is 2.71. The number of hydrogen-bond donors (Lipinski definition) is 2. The minimum absolute atomic E-state index is 0. The first-order valence-corrected chi connectivity index (χ1v) is 7.75. The molecule has 25 heavy (non-hydrogen) atoms. The fourth-order valence-electron chi connectivity index (χ4n) is 2.65. The van der Waals surface area contributed by atoms with Gasteiger partial charge in [0.25, 0.3) is 5.91 Å². The van der Waals surface area contributed by atoms with Crippen LogP contribution in [0.1, 0.15) is 23.2 Å². The van der Waals surface area contributed by atoms with Gasteiger partial charge in [0, 0.05) is 12.1 Å². The topological polar surface area (TPSA) is 68.8 Å². The molecule has 1 aliphatic rings. The Bertz CT molecular complexity index is 544. The van der Waals surface area contributed by atoms with E-state index in [0.717, 1.165) is 25.9 Å². The molecule has 1 aromatic carbocycles. The standard InChI is InChI=1S/C16H22F2N2O4.ClH/c1-22-12-6-11(7-13(23-2)14(12)24-16(17)18)15(21)20-9-10-4-3-5-19-8-10;/h6-7,10,16,19H,3-5,8-9H2,1-2H3,(H,20,21);1H. The van der Waals surface area contributed by atoms with Crippen LogP contribution >= 0.6 is 12.4 Å². The summed E-state index contributed by atoms with van der Waals surface area (Å²) in [5, 5.41) is 6.13.